The fourth-order valence-corrected chi connectivity index (χ4v) is 3.60. The first kappa shape index (κ1) is 19.1. The maximum absolute atomic E-state index is 11.8. The lowest BCUT2D eigenvalue weighted by Crippen LogP contribution is -2.20. The van der Waals surface area contributed by atoms with E-state index in [4.69, 9.17) is 21.3 Å². The van der Waals surface area contributed by atoms with Crippen molar-refractivity contribution >= 4 is 23.3 Å². The van der Waals surface area contributed by atoms with E-state index in [1.165, 1.54) is 0 Å². The van der Waals surface area contributed by atoms with Crippen LogP contribution in [-0.2, 0) is 4.79 Å². The number of benzene rings is 2. The van der Waals surface area contributed by atoms with Gasteiger partial charge in [0.15, 0.2) is 5.82 Å². The molecule has 0 saturated carbocycles. The molecule has 1 N–H and O–H groups in total. The molecular weight excluding hydrogens is 392 g/mol. The number of hydrogen-bond donors (Lipinski definition) is 1. The third kappa shape index (κ3) is 3.27. The van der Waals surface area contributed by atoms with Gasteiger partial charge in [0.1, 0.15) is 17.6 Å². The molecule has 0 aliphatic carbocycles. The number of ether oxygens (including phenoxy) is 1. The number of aliphatic imine (C=N–C) groups is 1. The molecule has 3 aromatic rings. The highest BCUT2D eigenvalue weighted by Crippen LogP contribution is 2.36. The number of carboxylic acid groups (broad SMARTS) is 1. The smallest absolute Gasteiger partial charge is 0.308 e. The van der Waals surface area contributed by atoms with Crippen molar-refractivity contribution in [2.75, 3.05) is 7.11 Å². The summed E-state index contributed by atoms with van der Waals surface area (Å²) < 4.78 is 7.29. The van der Waals surface area contributed by atoms with Crippen molar-refractivity contribution in [2.24, 2.45) is 10.9 Å². The number of carbonyl (C=O) groups is 1. The quantitative estimate of drug-likeness (QED) is 0.705. The Morgan fingerprint density at radius 3 is 2.59 bits per heavy atom. The van der Waals surface area contributed by atoms with Gasteiger partial charge in [-0.15, -0.1) is 10.2 Å². The maximum atomic E-state index is 11.8. The molecule has 1 aliphatic rings. The Labute approximate surface area is 172 Å². The topological polar surface area (TPSA) is 89.6 Å². The highest BCUT2D eigenvalue weighted by atomic mass is 35.5. The van der Waals surface area contributed by atoms with Crippen LogP contribution in [0, 0.1) is 12.8 Å². The molecular formula is C21H19ClN4O3. The second-order valence-corrected chi connectivity index (χ2v) is 7.32. The molecule has 7 nitrogen and oxygen atoms in total. The minimum atomic E-state index is -0.954. The Morgan fingerprint density at radius 2 is 1.93 bits per heavy atom. The molecule has 1 aliphatic heterocycles. The van der Waals surface area contributed by atoms with Crippen molar-refractivity contribution < 1.29 is 14.6 Å². The molecule has 0 bridgehead atoms. The summed E-state index contributed by atoms with van der Waals surface area (Å²) in [6, 6.07) is 12.2. The van der Waals surface area contributed by atoms with E-state index in [1.54, 1.807) is 26.2 Å². The number of carboxylic acids is 1. The average Bonchev–Trinajstić information content (AvgIpc) is 3.02. The third-order valence-corrected chi connectivity index (χ3v) is 5.32. The van der Waals surface area contributed by atoms with Crippen LogP contribution in [-0.4, -0.2) is 38.7 Å². The molecule has 0 amide bonds. The number of aryl methyl sites for hydroxylation is 1. The largest absolute Gasteiger partial charge is 0.497 e. The Bertz CT molecular complexity index is 1120. The number of hydrogen-bond acceptors (Lipinski definition) is 5. The van der Waals surface area contributed by atoms with Crippen LogP contribution in [0.5, 0.6) is 5.75 Å². The van der Waals surface area contributed by atoms with Crippen molar-refractivity contribution in [2.45, 2.75) is 19.9 Å². The van der Waals surface area contributed by atoms with Gasteiger partial charge in [-0.05, 0) is 44.2 Å². The number of aliphatic carboxylic acids is 1. The predicted molar refractivity (Wildman–Crippen MR) is 109 cm³/mol. The lowest BCUT2D eigenvalue weighted by atomic mass is 9.99. The molecule has 2 aromatic carbocycles. The molecule has 29 heavy (non-hydrogen) atoms. The Kier molecular flexibility index (Phi) is 4.84. The van der Waals surface area contributed by atoms with Gasteiger partial charge in [0.25, 0.3) is 0 Å². The van der Waals surface area contributed by atoms with Crippen LogP contribution >= 0.6 is 11.6 Å². The zero-order chi connectivity index (χ0) is 20.7. The van der Waals surface area contributed by atoms with Crippen LogP contribution in [0.4, 0.5) is 0 Å². The van der Waals surface area contributed by atoms with Gasteiger partial charge in [-0.2, -0.15) is 0 Å². The number of methoxy groups -OCH3 is 1. The van der Waals surface area contributed by atoms with Gasteiger partial charge < -0.3 is 9.84 Å². The highest BCUT2D eigenvalue weighted by Gasteiger charge is 2.34. The third-order valence-electron chi connectivity index (χ3n) is 5.06. The van der Waals surface area contributed by atoms with Gasteiger partial charge in [0, 0.05) is 16.1 Å². The van der Waals surface area contributed by atoms with E-state index in [-0.39, 0.29) is 0 Å². The lowest BCUT2D eigenvalue weighted by Gasteiger charge is -2.16. The zero-order valence-electron chi connectivity index (χ0n) is 16.1. The van der Waals surface area contributed by atoms with Gasteiger partial charge in [-0.1, -0.05) is 23.7 Å². The van der Waals surface area contributed by atoms with E-state index >= 15 is 0 Å². The van der Waals surface area contributed by atoms with Crippen molar-refractivity contribution in [3.8, 4) is 11.4 Å². The van der Waals surface area contributed by atoms with E-state index in [9.17, 15) is 9.90 Å². The number of rotatable bonds is 4. The first-order valence-corrected chi connectivity index (χ1v) is 9.45. The fourth-order valence-electron chi connectivity index (χ4n) is 3.47. The average molecular weight is 411 g/mol. The normalized spacial score (nSPS) is 16.3. The summed E-state index contributed by atoms with van der Waals surface area (Å²) >= 11 is 6.07. The fraction of sp³-hybridized carbons (Fsp3) is 0.238. The number of nitrogens with zero attached hydrogens (tertiary/aromatic N) is 4. The molecule has 2 heterocycles. The van der Waals surface area contributed by atoms with Crippen LogP contribution in [0.1, 0.15) is 35.7 Å². The molecule has 0 radical (unpaired) electrons. The van der Waals surface area contributed by atoms with Crippen molar-refractivity contribution in [1.82, 2.24) is 14.8 Å². The van der Waals surface area contributed by atoms with Crippen LogP contribution in [0.15, 0.2) is 47.5 Å². The second-order valence-electron chi connectivity index (χ2n) is 6.88. The summed E-state index contributed by atoms with van der Waals surface area (Å²) in [6.07, 6.45) is 0. The molecule has 148 valence electrons. The van der Waals surface area contributed by atoms with Crippen molar-refractivity contribution in [3.05, 3.63) is 70.3 Å². The van der Waals surface area contributed by atoms with Crippen LogP contribution in [0.25, 0.3) is 5.69 Å². The molecule has 8 heteroatoms. The molecule has 0 fully saturated rings. The minimum absolute atomic E-state index is 0.493. The summed E-state index contributed by atoms with van der Waals surface area (Å²) in [5.74, 6) is 0.0672. The van der Waals surface area contributed by atoms with E-state index in [2.05, 4.69) is 10.2 Å². The maximum Gasteiger partial charge on any atom is 0.308 e. The van der Waals surface area contributed by atoms with E-state index in [0.29, 0.717) is 28.1 Å². The Balaban J connectivity index is 2.05. The second kappa shape index (κ2) is 7.33. The van der Waals surface area contributed by atoms with Crippen molar-refractivity contribution in [3.63, 3.8) is 0 Å². The van der Waals surface area contributed by atoms with Crippen LogP contribution < -0.4 is 4.74 Å². The zero-order valence-corrected chi connectivity index (χ0v) is 16.9. The molecule has 2 atom stereocenters. The van der Waals surface area contributed by atoms with Gasteiger partial charge in [-0.25, -0.2) is 0 Å². The first-order chi connectivity index (χ1) is 13.9. The summed E-state index contributed by atoms with van der Waals surface area (Å²) in [6.45, 7) is 3.46. The van der Waals surface area contributed by atoms with E-state index in [0.717, 1.165) is 16.8 Å². The van der Waals surface area contributed by atoms with E-state index in [1.807, 2.05) is 41.8 Å². The van der Waals surface area contributed by atoms with E-state index < -0.39 is 17.9 Å². The van der Waals surface area contributed by atoms with Crippen molar-refractivity contribution in [1.29, 1.82) is 0 Å². The van der Waals surface area contributed by atoms with Gasteiger partial charge in [-0.3, -0.25) is 14.4 Å². The molecule has 1 aromatic heterocycles. The predicted octanol–water partition coefficient (Wildman–Crippen LogP) is 3.85. The standard InChI is InChI=1S/C21H19ClN4O3/c1-11(21(27)28)18-20-25-24-12(2)26(20)17-9-8-15(29-3)10-16(17)19(23-18)13-4-6-14(22)7-5-13/h4-11,18H,1-3H3,(H,27,28)/t11-,18+/m1/s1. The number of aromatic nitrogens is 3. The van der Waals surface area contributed by atoms with Gasteiger partial charge in [0.2, 0.25) is 0 Å². The van der Waals surface area contributed by atoms with Crippen LogP contribution in [0.3, 0.4) is 0 Å². The first-order valence-electron chi connectivity index (χ1n) is 9.08. The minimum Gasteiger partial charge on any atom is -0.497 e. The summed E-state index contributed by atoms with van der Waals surface area (Å²) in [5.41, 5.74) is 3.09. The molecule has 0 spiro atoms. The number of halogens is 1. The van der Waals surface area contributed by atoms with Gasteiger partial charge in [0.05, 0.1) is 24.4 Å². The molecule has 0 unspecified atom stereocenters. The summed E-state index contributed by atoms with van der Waals surface area (Å²) in [4.78, 5) is 16.7. The Hall–Kier alpha value is -3.19. The SMILES string of the molecule is COc1ccc2c(c1)C(c1ccc(Cl)cc1)=N[C@@H]([C@@H](C)C(=O)O)c1nnc(C)n1-2. The number of fused-ring (bicyclic) bond motifs is 3. The summed E-state index contributed by atoms with van der Waals surface area (Å²) in [5, 5.41) is 18.8. The molecule has 0 saturated heterocycles. The highest BCUT2D eigenvalue weighted by molar-refractivity contribution is 6.30. The molecule has 4 rings (SSSR count). The summed E-state index contributed by atoms with van der Waals surface area (Å²) in [7, 11) is 1.60. The Morgan fingerprint density at radius 1 is 1.21 bits per heavy atom. The van der Waals surface area contributed by atoms with Gasteiger partial charge >= 0.3 is 5.97 Å². The lowest BCUT2D eigenvalue weighted by molar-refractivity contribution is -0.141. The monoisotopic (exact) mass is 410 g/mol. The van der Waals surface area contributed by atoms with Crippen LogP contribution in [0.2, 0.25) is 5.02 Å².